The van der Waals surface area contributed by atoms with Crippen LogP contribution in [0.5, 0.6) is 0 Å². The minimum absolute atomic E-state index is 0.111. The Bertz CT molecular complexity index is 1430. The van der Waals surface area contributed by atoms with Gasteiger partial charge >= 0.3 is 5.97 Å². The van der Waals surface area contributed by atoms with Gasteiger partial charge in [0.2, 0.25) is 0 Å². The van der Waals surface area contributed by atoms with Gasteiger partial charge in [0.25, 0.3) is 0 Å². The van der Waals surface area contributed by atoms with Crippen molar-refractivity contribution in [3.8, 4) is 11.1 Å². The van der Waals surface area contributed by atoms with Crippen molar-refractivity contribution in [2.24, 2.45) is 5.92 Å². The van der Waals surface area contributed by atoms with Crippen molar-refractivity contribution < 1.29 is 14.3 Å². The lowest BCUT2D eigenvalue weighted by atomic mass is 9.82. The Morgan fingerprint density at radius 3 is 2.63 bits per heavy atom. The van der Waals surface area contributed by atoms with E-state index in [2.05, 4.69) is 21.5 Å². The molecule has 2 aromatic carbocycles. The van der Waals surface area contributed by atoms with Crippen molar-refractivity contribution in [2.75, 3.05) is 11.1 Å². The molecule has 0 bridgehead atoms. The van der Waals surface area contributed by atoms with E-state index < -0.39 is 5.97 Å². The average Bonchev–Trinajstić information content (AvgIpc) is 3.47. The molecule has 0 radical (unpaired) electrons. The monoisotopic (exact) mass is 472 g/mol. The molecule has 8 nitrogen and oxygen atoms in total. The molecule has 4 N–H and O–H groups in total. The molecule has 0 spiro atoms. The zero-order valence-electron chi connectivity index (χ0n) is 19.0. The number of aliphatic carboxylic acids is 1. The second-order valence-corrected chi connectivity index (χ2v) is 9.40. The van der Waals surface area contributed by atoms with E-state index in [-0.39, 0.29) is 23.7 Å². The molecule has 178 valence electrons. The van der Waals surface area contributed by atoms with Gasteiger partial charge in [-0.2, -0.15) is 5.10 Å². The SMILES string of the molecule is Nc1ncnn2c1c(C1Cc3cccc(-c4ccc(F)cc4)c3N1)nc2[C@H]1CC[C@H](C(=O)O)CC1. The highest BCUT2D eigenvalue weighted by atomic mass is 19.1. The van der Waals surface area contributed by atoms with Crippen LogP contribution in [-0.4, -0.2) is 30.7 Å². The Morgan fingerprint density at radius 2 is 1.89 bits per heavy atom. The van der Waals surface area contributed by atoms with E-state index in [0.717, 1.165) is 53.2 Å². The first-order valence-electron chi connectivity index (χ1n) is 11.9. The number of para-hydroxylation sites is 1. The van der Waals surface area contributed by atoms with Gasteiger partial charge < -0.3 is 16.2 Å². The van der Waals surface area contributed by atoms with Gasteiger partial charge in [0.05, 0.1) is 17.7 Å². The van der Waals surface area contributed by atoms with E-state index in [4.69, 9.17) is 10.7 Å². The van der Waals surface area contributed by atoms with Crippen molar-refractivity contribution >= 4 is 23.0 Å². The molecule has 1 saturated carbocycles. The van der Waals surface area contributed by atoms with Gasteiger partial charge in [0.15, 0.2) is 5.82 Å². The molecule has 4 aromatic rings. The summed E-state index contributed by atoms with van der Waals surface area (Å²) in [5.74, 6) is -0.00762. The van der Waals surface area contributed by atoms with E-state index >= 15 is 0 Å². The minimum atomic E-state index is -0.728. The predicted octanol–water partition coefficient (Wildman–Crippen LogP) is 4.58. The van der Waals surface area contributed by atoms with Gasteiger partial charge in [-0.3, -0.25) is 4.79 Å². The number of carboxylic acids is 1. The van der Waals surface area contributed by atoms with Crippen molar-refractivity contribution in [1.82, 2.24) is 19.6 Å². The van der Waals surface area contributed by atoms with Crippen LogP contribution in [0.3, 0.4) is 0 Å². The van der Waals surface area contributed by atoms with Gasteiger partial charge in [-0.05, 0) is 48.9 Å². The maximum absolute atomic E-state index is 13.5. The van der Waals surface area contributed by atoms with Crippen LogP contribution in [0.1, 0.15) is 54.7 Å². The summed E-state index contributed by atoms with van der Waals surface area (Å²) in [6.45, 7) is 0. The fourth-order valence-corrected chi connectivity index (χ4v) is 5.53. The minimum Gasteiger partial charge on any atom is -0.481 e. The smallest absolute Gasteiger partial charge is 0.306 e. The van der Waals surface area contributed by atoms with Gasteiger partial charge in [0, 0.05) is 23.6 Å². The maximum atomic E-state index is 13.5. The third-order valence-corrected chi connectivity index (χ3v) is 7.33. The summed E-state index contributed by atoms with van der Waals surface area (Å²) in [7, 11) is 0. The topological polar surface area (TPSA) is 118 Å². The highest BCUT2D eigenvalue weighted by molar-refractivity contribution is 5.83. The third-order valence-electron chi connectivity index (χ3n) is 7.33. The molecule has 6 rings (SSSR count). The predicted molar refractivity (Wildman–Crippen MR) is 129 cm³/mol. The second-order valence-electron chi connectivity index (χ2n) is 9.40. The average molecular weight is 473 g/mol. The van der Waals surface area contributed by atoms with E-state index in [1.54, 1.807) is 16.6 Å². The Morgan fingerprint density at radius 1 is 1.11 bits per heavy atom. The van der Waals surface area contributed by atoms with E-state index in [1.165, 1.54) is 18.5 Å². The molecule has 2 aliphatic rings. The number of halogens is 1. The first-order chi connectivity index (χ1) is 17.0. The van der Waals surface area contributed by atoms with Gasteiger partial charge in [-0.1, -0.05) is 30.3 Å². The number of nitrogens with zero attached hydrogens (tertiary/aromatic N) is 4. The fraction of sp³-hybridized carbons (Fsp3) is 0.308. The Hall–Kier alpha value is -4.01. The molecule has 9 heteroatoms. The number of hydrogen-bond acceptors (Lipinski definition) is 6. The lowest BCUT2D eigenvalue weighted by Crippen LogP contribution is -2.21. The van der Waals surface area contributed by atoms with Crippen LogP contribution < -0.4 is 11.1 Å². The lowest BCUT2D eigenvalue weighted by molar-refractivity contribution is -0.142. The number of benzene rings is 2. The number of anilines is 2. The molecule has 1 aliphatic carbocycles. The van der Waals surface area contributed by atoms with E-state index in [1.807, 2.05) is 12.1 Å². The summed E-state index contributed by atoms with van der Waals surface area (Å²) < 4.78 is 15.3. The van der Waals surface area contributed by atoms with Crippen LogP contribution in [0.2, 0.25) is 0 Å². The first kappa shape index (κ1) is 21.5. The van der Waals surface area contributed by atoms with Crippen molar-refractivity contribution in [1.29, 1.82) is 0 Å². The van der Waals surface area contributed by atoms with Gasteiger partial charge in [-0.25, -0.2) is 18.9 Å². The fourth-order valence-electron chi connectivity index (χ4n) is 5.53. The molecular weight excluding hydrogens is 447 g/mol. The van der Waals surface area contributed by atoms with E-state index in [9.17, 15) is 14.3 Å². The summed E-state index contributed by atoms with van der Waals surface area (Å²) in [6, 6.07) is 12.5. The number of carbonyl (C=O) groups is 1. The van der Waals surface area contributed by atoms with E-state index in [0.29, 0.717) is 24.2 Å². The van der Waals surface area contributed by atoms with Crippen molar-refractivity contribution in [2.45, 2.75) is 44.1 Å². The number of rotatable bonds is 4. The molecule has 1 aliphatic heterocycles. The zero-order valence-corrected chi connectivity index (χ0v) is 19.0. The van der Waals surface area contributed by atoms with Gasteiger partial charge in [0.1, 0.15) is 23.5 Å². The summed E-state index contributed by atoms with van der Waals surface area (Å²) in [5.41, 5.74) is 11.9. The summed E-state index contributed by atoms with van der Waals surface area (Å²) in [4.78, 5) is 20.7. The Balaban J connectivity index is 1.37. The highest BCUT2D eigenvalue weighted by Gasteiger charge is 2.34. The zero-order chi connectivity index (χ0) is 24.1. The molecule has 1 unspecified atom stereocenters. The number of nitrogens with one attached hydrogen (secondary N) is 1. The number of nitrogen functional groups attached to an aromatic ring is 1. The largest absolute Gasteiger partial charge is 0.481 e. The van der Waals surface area contributed by atoms with Crippen molar-refractivity contribution in [3.63, 3.8) is 0 Å². The first-order valence-corrected chi connectivity index (χ1v) is 11.9. The lowest BCUT2D eigenvalue weighted by Gasteiger charge is -2.24. The van der Waals surface area contributed by atoms with Crippen LogP contribution in [0.25, 0.3) is 16.6 Å². The molecule has 0 amide bonds. The number of imidazole rings is 1. The molecule has 0 saturated heterocycles. The standard InChI is InChI=1S/C26H25FN6O2/c27-18-10-8-14(9-11-18)19-3-1-2-17-12-20(31-21(17)19)22-23-24(28)29-13-30-33(23)25(32-22)15-4-6-16(7-5-15)26(34)35/h1-3,8-11,13,15-16,20,31H,4-7,12H2,(H,34,35)(H2,28,29,30)/t15-,16-,20?. The molecule has 35 heavy (non-hydrogen) atoms. The van der Waals surface area contributed by atoms with Crippen LogP contribution in [-0.2, 0) is 11.2 Å². The molecule has 3 heterocycles. The van der Waals surface area contributed by atoms with Crippen LogP contribution in [0.15, 0.2) is 48.8 Å². The Labute approximate surface area is 201 Å². The molecule has 1 atom stereocenters. The highest BCUT2D eigenvalue weighted by Crippen LogP contribution is 2.43. The number of carboxylic acid groups (broad SMARTS) is 1. The summed E-state index contributed by atoms with van der Waals surface area (Å²) in [6.07, 6.45) is 4.89. The number of hydrogen-bond donors (Lipinski definition) is 3. The maximum Gasteiger partial charge on any atom is 0.306 e. The molecule has 1 fully saturated rings. The summed E-state index contributed by atoms with van der Waals surface area (Å²) >= 11 is 0. The number of aromatic nitrogens is 4. The Kier molecular flexibility index (Phi) is 5.12. The number of nitrogens with two attached hydrogens (primary N) is 1. The van der Waals surface area contributed by atoms with Crippen LogP contribution in [0.4, 0.5) is 15.9 Å². The molecular formula is C26H25FN6O2. The third kappa shape index (κ3) is 3.67. The number of fused-ring (bicyclic) bond motifs is 2. The van der Waals surface area contributed by atoms with Crippen molar-refractivity contribution in [3.05, 3.63) is 71.7 Å². The summed E-state index contributed by atoms with van der Waals surface area (Å²) in [5, 5.41) is 17.5. The van der Waals surface area contributed by atoms with Gasteiger partial charge in [-0.15, -0.1) is 0 Å². The quantitative estimate of drug-likeness (QED) is 0.398. The molecule has 2 aromatic heterocycles. The van der Waals surface area contributed by atoms with Crippen LogP contribution in [0, 0.1) is 11.7 Å². The van der Waals surface area contributed by atoms with Crippen LogP contribution >= 0.6 is 0 Å². The second kappa shape index (κ2) is 8.33. The normalized spacial score (nSPS) is 21.6.